The average molecular weight is 149 g/mol. The molecule has 0 aliphatic carbocycles. The Morgan fingerprint density at radius 3 is 2.44 bits per heavy atom. The molecular formula is C5H9ClN2O. The summed E-state index contributed by atoms with van der Waals surface area (Å²) in [6, 6.07) is 2.01. The summed E-state index contributed by atoms with van der Waals surface area (Å²) >= 11 is 0. The first-order chi connectivity index (χ1) is 3.84. The normalized spacial score (nSPS) is 32.9. The summed E-state index contributed by atoms with van der Waals surface area (Å²) in [4.78, 5) is 0. The molecule has 0 saturated carbocycles. The van der Waals surface area contributed by atoms with Crippen LogP contribution in [0.5, 0.6) is 0 Å². The first-order valence-corrected chi connectivity index (χ1v) is 2.57. The Bertz CT molecular complexity index is 123. The average Bonchev–Trinajstić information content (AvgIpc) is 2.14. The van der Waals surface area contributed by atoms with Crippen molar-refractivity contribution >= 4 is 12.4 Å². The third kappa shape index (κ3) is 1.83. The van der Waals surface area contributed by atoms with Crippen LogP contribution in [-0.2, 0) is 4.74 Å². The fourth-order valence-electron chi connectivity index (χ4n) is 0.704. The summed E-state index contributed by atoms with van der Waals surface area (Å²) in [6.07, 6.45) is 0. The van der Waals surface area contributed by atoms with Crippen LogP contribution in [0.4, 0.5) is 0 Å². The third-order valence-electron chi connectivity index (χ3n) is 1.29. The molecule has 2 atom stereocenters. The topological polar surface area (TPSA) is 59.0 Å². The molecular weight excluding hydrogens is 140 g/mol. The number of ether oxygens (including phenoxy) is 1. The van der Waals surface area contributed by atoms with E-state index in [0.29, 0.717) is 13.2 Å². The number of hydrogen-bond donors (Lipinski definition) is 1. The summed E-state index contributed by atoms with van der Waals surface area (Å²) in [5.41, 5.74) is 5.44. The highest BCUT2D eigenvalue weighted by molar-refractivity contribution is 5.85. The maximum Gasteiger partial charge on any atom is 0.0870 e. The van der Waals surface area contributed by atoms with Crippen LogP contribution in [-0.4, -0.2) is 19.3 Å². The highest BCUT2D eigenvalue weighted by Gasteiger charge is 2.23. The minimum Gasteiger partial charge on any atom is -0.378 e. The van der Waals surface area contributed by atoms with Crippen LogP contribution in [0, 0.1) is 17.2 Å². The van der Waals surface area contributed by atoms with Crippen molar-refractivity contribution in [3.8, 4) is 6.07 Å². The van der Waals surface area contributed by atoms with Gasteiger partial charge in [-0.15, -0.1) is 12.4 Å². The van der Waals surface area contributed by atoms with Gasteiger partial charge in [0.05, 0.1) is 25.2 Å². The number of nitrogens with two attached hydrogens (primary N) is 1. The van der Waals surface area contributed by atoms with E-state index in [0.717, 1.165) is 0 Å². The zero-order chi connectivity index (χ0) is 5.98. The fourth-order valence-corrected chi connectivity index (χ4v) is 0.704. The number of halogens is 1. The van der Waals surface area contributed by atoms with Crippen LogP contribution < -0.4 is 5.73 Å². The molecule has 1 heterocycles. The molecule has 0 radical (unpaired) electrons. The van der Waals surface area contributed by atoms with Gasteiger partial charge in [-0.1, -0.05) is 0 Å². The van der Waals surface area contributed by atoms with E-state index in [4.69, 9.17) is 15.7 Å². The predicted octanol–water partition coefficient (Wildman–Crippen LogP) is -0.0945. The lowest BCUT2D eigenvalue weighted by Crippen LogP contribution is -2.27. The molecule has 3 nitrogen and oxygen atoms in total. The van der Waals surface area contributed by atoms with Crippen molar-refractivity contribution in [1.29, 1.82) is 5.26 Å². The standard InChI is InChI=1S/C5H8N2O.ClH/c6-1-4-2-8-3-5(4)7;/h4-5H,2-3,7H2;1H. The van der Waals surface area contributed by atoms with Gasteiger partial charge < -0.3 is 10.5 Å². The molecule has 0 aromatic rings. The molecule has 0 bridgehead atoms. The van der Waals surface area contributed by atoms with Gasteiger partial charge in [0.1, 0.15) is 0 Å². The van der Waals surface area contributed by atoms with Crippen LogP contribution >= 0.6 is 12.4 Å². The van der Waals surface area contributed by atoms with Gasteiger partial charge in [0.2, 0.25) is 0 Å². The molecule has 2 N–H and O–H groups in total. The number of nitriles is 1. The molecule has 9 heavy (non-hydrogen) atoms. The lowest BCUT2D eigenvalue weighted by Gasteiger charge is -1.99. The molecule has 0 aromatic carbocycles. The Kier molecular flexibility index (Phi) is 3.55. The molecule has 0 spiro atoms. The van der Waals surface area contributed by atoms with Crippen LogP contribution in [0.3, 0.4) is 0 Å². The number of hydrogen-bond acceptors (Lipinski definition) is 3. The summed E-state index contributed by atoms with van der Waals surface area (Å²) < 4.78 is 4.91. The molecule has 2 unspecified atom stereocenters. The van der Waals surface area contributed by atoms with E-state index in [1.807, 2.05) is 0 Å². The first kappa shape index (κ1) is 8.70. The quantitative estimate of drug-likeness (QED) is 0.522. The van der Waals surface area contributed by atoms with Crippen molar-refractivity contribution < 1.29 is 4.74 Å². The van der Waals surface area contributed by atoms with Crippen molar-refractivity contribution in [3.05, 3.63) is 0 Å². The second kappa shape index (κ2) is 3.67. The smallest absolute Gasteiger partial charge is 0.0870 e. The van der Waals surface area contributed by atoms with Crippen LogP contribution in [0.25, 0.3) is 0 Å². The summed E-state index contributed by atoms with van der Waals surface area (Å²) in [7, 11) is 0. The SMILES string of the molecule is Cl.N#CC1COCC1N. The predicted molar refractivity (Wildman–Crippen MR) is 35.1 cm³/mol. The molecule has 1 aliphatic heterocycles. The Morgan fingerprint density at radius 1 is 1.56 bits per heavy atom. The van der Waals surface area contributed by atoms with Crippen LogP contribution in [0.2, 0.25) is 0 Å². The highest BCUT2D eigenvalue weighted by Crippen LogP contribution is 2.08. The molecule has 52 valence electrons. The minimum absolute atomic E-state index is 0. The van der Waals surface area contributed by atoms with Crippen LogP contribution in [0.15, 0.2) is 0 Å². The van der Waals surface area contributed by atoms with E-state index in [1.54, 1.807) is 0 Å². The molecule has 1 rings (SSSR count). The molecule has 0 aromatic heterocycles. The van der Waals surface area contributed by atoms with Gasteiger partial charge in [0.15, 0.2) is 0 Å². The van der Waals surface area contributed by atoms with E-state index in [1.165, 1.54) is 0 Å². The fraction of sp³-hybridized carbons (Fsp3) is 0.800. The van der Waals surface area contributed by atoms with Crippen molar-refractivity contribution in [2.75, 3.05) is 13.2 Å². The Morgan fingerprint density at radius 2 is 2.22 bits per heavy atom. The van der Waals surface area contributed by atoms with E-state index >= 15 is 0 Å². The minimum atomic E-state index is -0.0741. The van der Waals surface area contributed by atoms with Gasteiger partial charge in [-0.3, -0.25) is 0 Å². The van der Waals surface area contributed by atoms with Crippen molar-refractivity contribution in [2.45, 2.75) is 6.04 Å². The Balaban J connectivity index is 0.000000640. The first-order valence-electron chi connectivity index (χ1n) is 2.57. The maximum atomic E-state index is 8.33. The second-order valence-corrected chi connectivity index (χ2v) is 1.94. The summed E-state index contributed by atoms with van der Waals surface area (Å²) in [5, 5.41) is 8.33. The number of rotatable bonds is 0. The van der Waals surface area contributed by atoms with E-state index in [2.05, 4.69) is 6.07 Å². The Labute approximate surface area is 60.2 Å². The maximum absolute atomic E-state index is 8.33. The largest absolute Gasteiger partial charge is 0.378 e. The van der Waals surface area contributed by atoms with Gasteiger partial charge >= 0.3 is 0 Å². The van der Waals surface area contributed by atoms with E-state index < -0.39 is 0 Å². The van der Waals surface area contributed by atoms with Crippen LogP contribution in [0.1, 0.15) is 0 Å². The molecule has 0 amide bonds. The van der Waals surface area contributed by atoms with Crippen molar-refractivity contribution in [3.63, 3.8) is 0 Å². The van der Waals surface area contributed by atoms with Gasteiger partial charge in [0.25, 0.3) is 0 Å². The highest BCUT2D eigenvalue weighted by atomic mass is 35.5. The summed E-state index contributed by atoms with van der Waals surface area (Å²) in [6.45, 7) is 1.05. The molecule has 1 saturated heterocycles. The van der Waals surface area contributed by atoms with Gasteiger partial charge in [0, 0.05) is 6.04 Å². The lowest BCUT2D eigenvalue weighted by atomic mass is 10.1. The van der Waals surface area contributed by atoms with E-state index in [9.17, 15) is 0 Å². The molecule has 1 fully saturated rings. The van der Waals surface area contributed by atoms with Crippen molar-refractivity contribution in [1.82, 2.24) is 0 Å². The third-order valence-corrected chi connectivity index (χ3v) is 1.29. The van der Waals surface area contributed by atoms with E-state index in [-0.39, 0.29) is 24.4 Å². The molecule has 1 aliphatic rings. The zero-order valence-corrected chi connectivity index (χ0v) is 5.73. The second-order valence-electron chi connectivity index (χ2n) is 1.94. The summed E-state index contributed by atoms with van der Waals surface area (Å²) in [5.74, 6) is -0.0741. The van der Waals surface area contributed by atoms with Crippen molar-refractivity contribution in [2.24, 2.45) is 11.7 Å². The molecule has 4 heteroatoms. The monoisotopic (exact) mass is 148 g/mol. The zero-order valence-electron chi connectivity index (χ0n) is 4.91. The van der Waals surface area contributed by atoms with Gasteiger partial charge in [-0.2, -0.15) is 5.26 Å². The Hall–Kier alpha value is -0.300. The van der Waals surface area contributed by atoms with Gasteiger partial charge in [-0.25, -0.2) is 0 Å². The number of nitrogens with zero attached hydrogens (tertiary/aromatic N) is 1. The van der Waals surface area contributed by atoms with Gasteiger partial charge in [-0.05, 0) is 0 Å². The lowest BCUT2D eigenvalue weighted by molar-refractivity contribution is 0.189.